The second-order valence-corrected chi connectivity index (χ2v) is 6.69. The van der Waals surface area contributed by atoms with Crippen molar-refractivity contribution in [3.8, 4) is 0 Å². The van der Waals surface area contributed by atoms with Gasteiger partial charge in [-0.25, -0.2) is 4.79 Å². The molecule has 132 valence electrons. The van der Waals surface area contributed by atoms with Gasteiger partial charge in [0.2, 0.25) is 5.91 Å². The number of aromatic nitrogens is 2. The third-order valence-corrected chi connectivity index (χ3v) is 5.14. The normalized spacial score (nSPS) is 13.2. The summed E-state index contributed by atoms with van der Waals surface area (Å²) < 4.78 is 6.03. The first kappa shape index (κ1) is 17.1. The van der Waals surface area contributed by atoms with Crippen molar-refractivity contribution in [2.45, 2.75) is 32.2 Å². The highest BCUT2D eigenvalue weighted by molar-refractivity contribution is 7.17. The van der Waals surface area contributed by atoms with Crippen LogP contribution in [0.1, 0.15) is 33.6 Å². The first-order valence-electron chi connectivity index (χ1n) is 7.70. The van der Waals surface area contributed by atoms with Crippen molar-refractivity contribution in [2.75, 3.05) is 12.4 Å². The smallest absolute Gasteiger partial charge is 0.389 e. The van der Waals surface area contributed by atoms with Crippen LogP contribution in [0.4, 0.5) is 10.8 Å². The fraction of sp³-hybridized carbons (Fsp3) is 0.400. The van der Waals surface area contributed by atoms with Gasteiger partial charge in [-0.15, -0.1) is 11.3 Å². The molecule has 0 fully saturated rings. The van der Waals surface area contributed by atoms with Crippen molar-refractivity contribution in [2.24, 2.45) is 0 Å². The Morgan fingerprint density at radius 2 is 2.20 bits per heavy atom. The summed E-state index contributed by atoms with van der Waals surface area (Å²) in [7, 11) is 1.31. The number of ether oxygens (including phenoxy) is 1. The summed E-state index contributed by atoms with van der Waals surface area (Å²) >= 11 is 1.38. The van der Waals surface area contributed by atoms with E-state index in [2.05, 4.69) is 10.4 Å². The van der Waals surface area contributed by atoms with Crippen LogP contribution in [0.3, 0.4) is 0 Å². The molecule has 2 aromatic heterocycles. The Balaban J connectivity index is 1.79. The van der Waals surface area contributed by atoms with Gasteiger partial charge >= 0.3 is 11.8 Å². The van der Waals surface area contributed by atoms with E-state index in [0.717, 1.165) is 36.1 Å². The number of rotatable bonds is 5. The third kappa shape index (κ3) is 3.53. The molecule has 0 aliphatic heterocycles. The SMILES string of the molecule is COC(=O)c1c(NC(=O)Cn2ccc([N+](=O)[O-])n2)sc2c1CCCC2. The molecule has 0 radical (unpaired) electrons. The van der Waals surface area contributed by atoms with Crippen LogP contribution in [-0.4, -0.2) is 33.7 Å². The van der Waals surface area contributed by atoms with Crippen molar-refractivity contribution < 1.29 is 19.2 Å². The molecule has 9 nitrogen and oxygen atoms in total. The maximum Gasteiger partial charge on any atom is 0.389 e. The van der Waals surface area contributed by atoms with Gasteiger partial charge in [-0.1, -0.05) is 0 Å². The van der Waals surface area contributed by atoms with E-state index < -0.39 is 16.8 Å². The molecular weight excluding hydrogens is 348 g/mol. The van der Waals surface area contributed by atoms with Gasteiger partial charge in [-0.2, -0.15) is 4.68 Å². The Morgan fingerprint density at radius 1 is 1.44 bits per heavy atom. The van der Waals surface area contributed by atoms with Gasteiger partial charge in [0.25, 0.3) is 0 Å². The zero-order chi connectivity index (χ0) is 18.0. The number of fused-ring (bicyclic) bond motifs is 1. The molecule has 2 heterocycles. The Morgan fingerprint density at radius 3 is 2.88 bits per heavy atom. The summed E-state index contributed by atoms with van der Waals surface area (Å²) in [6.45, 7) is -0.184. The molecule has 0 aromatic carbocycles. The standard InChI is InChI=1S/C15H16N4O5S/c1-24-15(21)13-9-4-2-3-5-10(9)25-14(13)16-12(20)8-18-7-6-11(17-18)19(22)23/h6-7H,2-5,8H2,1H3,(H,16,20). The fourth-order valence-corrected chi connectivity index (χ4v) is 4.12. The summed E-state index contributed by atoms with van der Waals surface area (Å²) in [6.07, 6.45) is 5.08. The number of carbonyl (C=O) groups excluding carboxylic acids is 2. The molecule has 1 amide bonds. The molecule has 0 spiro atoms. The number of nitrogens with one attached hydrogen (secondary N) is 1. The van der Waals surface area contributed by atoms with Crippen LogP contribution in [0.25, 0.3) is 0 Å². The molecule has 0 saturated heterocycles. The monoisotopic (exact) mass is 364 g/mol. The molecule has 3 rings (SSSR count). The first-order chi connectivity index (χ1) is 12.0. The topological polar surface area (TPSA) is 116 Å². The van der Waals surface area contributed by atoms with Crippen molar-refractivity contribution in [3.63, 3.8) is 0 Å². The lowest BCUT2D eigenvalue weighted by Gasteiger charge is -2.11. The van der Waals surface area contributed by atoms with Gasteiger partial charge < -0.3 is 20.2 Å². The van der Waals surface area contributed by atoms with E-state index in [9.17, 15) is 19.7 Å². The van der Waals surface area contributed by atoms with Crippen LogP contribution in [-0.2, 0) is 28.9 Å². The van der Waals surface area contributed by atoms with E-state index in [0.29, 0.717) is 10.6 Å². The molecule has 10 heteroatoms. The predicted octanol–water partition coefficient (Wildman–Crippen LogP) is 2.16. The van der Waals surface area contributed by atoms with E-state index in [1.807, 2.05) is 0 Å². The highest BCUT2D eigenvalue weighted by Gasteiger charge is 2.27. The lowest BCUT2D eigenvalue weighted by molar-refractivity contribution is -0.389. The van der Waals surface area contributed by atoms with E-state index >= 15 is 0 Å². The number of anilines is 1. The highest BCUT2D eigenvalue weighted by Crippen LogP contribution is 2.38. The zero-order valence-corrected chi connectivity index (χ0v) is 14.3. The number of nitro groups is 1. The van der Waals surface area contributed by atoms with Crippen molar-refractivity contribution >= 4 is 34.0 Å². The second kappa shape index (κ2) is 7.01. The lowest BCUT2D eigenvalue weighted by Crippen LogP contribution is -2.20. The van der Waals surface area contributed by atoms with Crippen LogP contribution >= 0.6 is 11.3 Å². The fourth-order valence-electron chi connectivity index (χ4n) is 2.82. The minimum Gasteiger partial charge on any atom is -0.465 e. The summed E-state index contributed by atoms with van der Waals surface area (Å²) in [5.41, 5.74) is 1.37. The van der Waals surface area contributed by atoms with Crippen molar-refractivity contribution in [1.29, 1.82) is 0 Å². The molecule has 1 aliphatic carbocycles. The number of carbonyl (C=O) groups is 2. The van der Waals surface area contributed by atoms with E-state index in [-0.39, 0.29) is 12.4 Å². The number of thiophene rings is 1. The maximum atomic E-state index is 12.2. The van der Waals surface area contributed by atoms with E-state index in [1.54, 1.807) is 0 Å². The summed E-state index contributed by atoms with van der Waals surface area (Å²) in [5.74, 6) is -1.21. The maximum absolute atomic E-state index is 12.2. The van der Waals surface area contributed by atoms with E-state index in [1.165, 1.54) is 35.4 Å². The van der Waals surface area contributed by atoms with E-state index in [4.69, 9.17) is 4.74 Å². The summed E-state index contributed by atoms with van der Waals surface area (Å²) in [5, 5.41) is 17.5. The number of nitrogens with zero attached hydrogens (tertiary/aromatic N) is 3. The van der Waals surface area contributed by atoms with Gasteiger partial charge in [0, 0.05) is 4.88 Å². The van der Waals surface area contributed by atoms with Crippen LogP contribution < -0.4 is 5.32 Å². The Labute approximate surface area is 146 Å². The summed E-state index contributed by atoms with van der Waals surface area (Å²) in [6, 6.07) is 1.22. The number of aryl methyl sites for hydroxylation is 1. The lowest BCUT2D eigenvalue weighted by atomic mass is 9.95. The number of hydrogen-bond donors (Lipinski definition) is 1. The molecule has 2 aromatic rings. The quantitative estimate of drug-likeness (QED) is 0.494. The Hall–Kier alpha value is -2.75. The number of esters is 1. The molecule has 1 aliphatic rings. The molecule has 1 N–H and O–H groups in total. The van der Waals surface area contributed by atoms with Crippen molar-refractivity contribution in [3.05, 3.63) is 38.4 Å². The first-order valence-corrected chi connectivity index (χ1v) is 8.51. The van der Waals surface area contributed by atoms with Gasteiger partial charge in [0.15, 0.2) is 0 Å². The number of methoxy groups -OCH3 is 1. The van der Waals surface area contributed by atoms with Crippen LogP contribution in [0, 0.1) is 10.1 Å². The zero-order valence-electron chi connectivity index (χ0n) is 13.5. The van der Waals surface area contributed by atoms with Gasteiger partial charge in [0.1, 0.15) is 11.5 Å². The average molecular weight is 364 g/mol. The minimum absolute atomic E-state index is 0.184. The van der Waals surface area contributed by atoms with Crippen LogP contribution in [0.2, 0.25) is 0 Å². The minimum atomic E-state index is -0.628. The largest absolute Gasteiger partial charge is 0.465 e. The average Bonchev–Trinajstić information content (AvgIpc) is 3.18. The molecular formula is C15H16N4O5S. The van der Waals surface area contributed by atoms with Crippen molar-refractivity contribution in [1.82, 2.24) is 9.78 Å². The highest BCUT2D eigenvalue weighted by atomic mass is 32.1. The molecule has 0 saturated carbocycles. The predicted molar refractivity (Wildman–Crippen MR) is 89.8 cm³/mol. The van der Waals surface area contributed by atoms with Gasteiger partial charge in [-0.05, 0) is 36.2 Å². The van der Waals surface area contributed by atoms with Gasteiger partial charge in [-0.3, -0.25) is 4.79 Å². The molecule has 25 heavy (non-hydrogen) atoms. The van der Waals surface area contributed by atoms with Crippen LogP contribution in [0.5, 0.6) is 0 Å². The third-order valence-electron chi connectivity index (χ3n) is 3.93. The number of hydrogen-bond acceptors (Lipinski definition) is 7. The Kier molecular flexibility index (Phi) is 4.79. The summed E-state index contributed by atoms with van der Waals surface area (Å²) in [4.78, 5) is 35.5. The Bertz CT molecular complexity index is 841. The molecule has 0 bridgehead atoms. The van der Waals surface area contributed by atoms with Crippen LogP contribution in [0.15, 0.2) is 12.3 Å². The van der Waals surface area contributed by atoms with Gasteiger partial charge in [0.05, 0.1) is 30.0 Å². The second-order valence-electron chi connectivity index (χ2n) is 5.58. The molecule has 0 unspecified atom stereocenters. The number of amides is 1. The molecule has 0 atom stereocenters.